The van der Waals surface area contributed by atoms with Crippen molar-refractivity contribution in [1.29, 1.82) is 10.0 Å². The molecule has 0 saturated heterocycles. The molecule has 2 aromatic heterocycles. The molecule has 0 bridgehead atoms. The lowest BCUT2D eigenvalue weighted by molar-refractivity contribution is -0.141. The van der Waals surface area contributed by atoms with Gasteiger partial charge in [0.25, 0.3) is 0 Å². The minimum Gasteiger partial charge on any atom is -0.471 e. The van der Waals surface area contributed by atoms with Gasteiger partial charge in [-0.15, -0.1) is 0 Å². The standard InChI is InChI=1S/C21H20F3N5O2S/c1-5-32(26,30)17-9-14(31-20(2,3)12-25)10-28-19(17)15-7-6-13-8-18(21(22,23)24)27-11-16(13)29(15)4/h6,8-11,26H,5H2,1-4H3/t32-/m0/s1. The first-order valence-electron chi connectivity index (χ1n) is 9.44. The van der Waals surface area contributed by atoms with Gasteiger partial charge < -0.3 is 9.64 Å². The minimum atomic E-state index is -4.58. The number of hydrogen-bond donors (Lipinski definition) is 1. The van der Waals surface area contributed by atoms with E-state index in [0.29, 0.717) is 11.4 Å². The monoisotopic (exact) mass is 463 g/mol. The van der Waals surface area contributed by atoms with Crippen LogP contribution in [0.15, 0.2) is 35.2 Å². The van der Waals surface area contributed by atoms with Crippen molar-refractivity contribution in [2.75, 3.05) is 17.7 Å². The number of halogens is 3. The van der Waals surface area contributed by atoms with Gasteiger partial charge in [-0.1, -0.05) is 12.7 Å². The van der Waals surface area contributed by atoms with Crippen LogP contribution in [0.5, 0.6) is 5.75 Å². The fourth-order valence-corrected chi connectivity index (χ4v) is 4.07. The van der Waals surface area contributed by atoms with Gasteiger partial charge in [0.2, 0.25) is 0 Å². The van der Waals surface area contributed by atoms with E-state index in [-0.39, 0.29) is 27.7 Å². The summed E-state index contributed by atoms with van der Waals surface area (Å²) in [5, 5.41) is 9.20. The van der Waals surface area contributed by atoms with E-state index < -0.39 is 27.2 Å². The summed E-state index contributed by atoms with van der Waals surface area (Å²) < 4.78 is 65.9. The van der Waals surface area contributed by atoms with Gasteiger partial charge in [-0.2, -0.15) is 18.4 Å². The maximum absolute atomic E-state index is 13.0. The van der Waals surface area contributed by atoms with Gasteiger partial charge in [0.1, 0.15) is 28.9 Å². The smallest absolute Gasteiger partial charge is 0.433 e. The molecule has 1 aliphatic rings. The lowest BCUT2D eigenvalue weighted by Gasteiger charge is -2.27. The molecule has 168 valence electrons. The lowest BCUT2D eigenvalue weighted by atomic mass is 10.1. The van der Waals surface area contributed by atoms with Gasteiger partial charge in [0, 0.05) is 24.4 Å². The number of fused-ring (bicyclic) bond motifs is 1. The van der Waals surface area contributed by atoms with Crippen LogP contribution >= 0.6 is 0 Å². The quantitative estimate of drug-likeness (QED) is 0.645. The molecular formula is C21H20F3N5O2S. The van der Waals surface area contributed by atoms with Gasteiger partial charge in [0.15, 0.2) is 5.60 Å². The first-order valence-corrected chi connectivity index (χ1v) is 11.2. The third kappa shape index (κ3) is 4.47. The zero-order valence-electron chi connectivity index (χ0n) is 17.7. The van der Waals surface area contributed by atoms with Crippen LogP contribution in [0, 0.1) is 16.1 Å². The fraction of sp³-hybridized carbons (Fsp3) is 0.333. The van der Waals surface area contributed by atoms with E-state index in [1.807, 2.05) is 6.07 Å². The van der Waals surface area contributed by atoms with Crippen LogP contribution in [0.25, 0.3) is 11.8 Å². The minimum absolute atomic E-state index is 0.000565. The van der Waals surface area contributed by atoms with E-state index in [1.54, 1.807) is 27.8 Å². The number of aromatic nitrogens is 2. The molecule has 0 aromatic carbocycles. The molecule has 1 atom stereocenters. The Hall–Kier alpha value is -3.35. The van der Waals surface area contributed by atoms with Crippen molar-refractivity contribution < 1.29 is 22.1 Å². The predicted molar refractivity (Wildman–Crippen MR) is 113 cm³/mol. The van der Waals surface area contributed by atoms with Crippen molar-refractivity contribution in [3.05, 3.63) is 47.2 Å². The average molecular weight is 463 g/mol. The molecule has 3 rings (SSSR count). The van der Waals surface area contributed by atoms with Crippen molar-refractivity contribution in [3.8, 4) is 11.8 Å². The summed E-state index contributed by atoms with van der Waals surface area (Å²) >= 11 is 0. The van der Waals surface area contributed by atoms with Gasteiger partial charge in [-0.05, 0) is 26.0 Å². The molecule has 11 heteroatoms. The summed E-state index contributed by atoms with van der Waals surface area (Å²) in [5.74, 6) is 0.171. The van der Waals surface area contributed by atoms with E-state index in [0.717, 1.165) is 12.3 Å². The Morgan fingerprint density at radius 2 is 1.97 bits per heavy atom. The molecule has 3 heterocycles. The number of ether oxygens (including phenoxy) is 1. The molecule has 32 heavy (non-hydrogen) atoms. The molecule has 2 aromatic rings. The number of rotatable bonds is 5. The molecule has 0 saturated carbocycles. The van der Waals surface area contributed by atoms with Gasteiger partial charge in [-0.25, -0.2) is 19.0 Å². The predicted octanol–water partition coefficient (Wildman–Crippen LogP) is 4.70. The summed E-state index contributed by atoms with van der Waals surface area (Å²) in [7, 11) is -1.69. The number of hydrogen-bond acceptors (Lipinski definition) is 7. The van der Waals surface area contributed by atoms with Crippen LogP contribution < -0.4 is 9.64 Å². The molecule has 0 spiro atoms. The second-order valence-corrected chi connectivity index (χ2v) is 9.90. The largest absolute Gasteiger partial charge is 0.471 e. The topological polar surface area (TPSA) is 103 Å². The van der Waals surface area contributed by atoms with Crippen molar-refractivity contribution in [1.82, 2.24) is 9.97 Å². The van der Waals surface area contributed by atoms with Gasteiger partial charge in [-0.3, -0.25) is 0 Å². The number of nitrogens with zero attached hydrogens (tertiary/aromatic N) is 4. The normalized spacial score (nSPS) is 15.4. The Bertz CT molecular complexity index is 1290. The molecular weight excluding hydrogens is 443 g/mol. The number of pyridine rings is 2. The zero-order chi connectivity index (χ0) is 23.9. The van der Waals surface area contributed by atoms with Crippen molar-refractivity contribution in [2.45, 2.75) is 37.4 Å². The van der Waals surface area contributed by atoms with E-state index in [2.05, 4.69) is 15.7 Å². The van der Waals surface area contributed by atoms with Gasteiger partial charge in [0.05, 0.1) is 32.7 Å². The molecule has 0 unspecified atom stereocenters. The molecule has 0 aliphatic carbocycles. The third-order valence-corrected chi connectivity index (χ3v) is 6.56. The molecule has 0 fully saturated rings. The second-order valence-electron chi connectivity index (χ2n) is 7.53. The fourth-order valence-electron chi connectivity index (χ4n) is 2.99. The average Bonchev–Trinajstić information content (AvgIpc) is 2.73. The van der Waals surface area contributed by atoms with E-state index in [1.165, 1.54) is 23.2 Å². The number of anilines is 1. The number of nitrogens with one attached hydrogen (secondary N) is 1. The molecule has 1 aliphatic heterocycles. The highest BCUT2D eigenvalue weighted by Gasteiger charge is 2.34. The summed E-state index contributed by atoms with van der Waals surface area (Å²) in [5.41, 5.74) is 1.83. The Morgan fingerprint density at radius 1 is 1.28 bits per heavy atom. The van der Waals surface area contributed by atoms with Crippen LogP contribution in [0.2, 0.25) is 0 Å². The van der Waals surface area contributed by atoms with Crippen LogP contribution in [-0.4, -0.2) is 32.6 Å². The highest BCUT2D eigenvalue weighted by atomic mass is 32.2. The second kappa shape index (κ2) is 7.97. The van der Waals surface area contributed by atoms with Crippen LogP contribution in [0.4, 0.5) is 18.9 Å². The van der Waals surface area contributed by atoms with Gasteiger partial charge >= 0.3 is 6.18 Å². The van der Waals surface area contributed by atoms with Crippen LogP contribution in [-0.2, 0) is 15.9 Å². The summed E-state index contributed by atoms with van der Waals surface area (Å²) in [6.07, 6.45) is -0.773. The number of alkyl halides is 3. The van der Waals surface area contributed by atoms with Crippen LogP contribution in [0.1, 0.15) is 37.7 Å². The first kappa shape index (κ1) is 23.3. The maximum Gasteiger partial charge on any atom is 0.433 e. The molecule has 1 N–H and O–H groups in total. The van der Waals surface area contributed by atoms with E-state index >= 15 is 0 Å². The molecule has 0 radical (unpaired) electrons. The van der Waals surface area contributed by atoms with Crippen molar-refractivity contribution in [3.63, 3.8) is 0 Å². The highest BCUT2D eigenvalue weighted by molar-refractivity contribution is 7.92. The summed E-state index contributed by atoms with van der Waals surface area (Å²) in [4.78, 5) is 9.43. The lowest BCUT2D eigenvalue weighted by Crippen LogP contribution is -2.26. The molecule has 0 amide bonds. The van der Waals surface area contributed by atoms with E-state index in [9.17, 15) is 22.6 Å². The summed E-state index contributed by atoms with van der Waals surface area (Å²) in [6.45, 7) is 4.70. The maximum atomic E-state index is 13.0. The van der Waals surface area contributed by atoms with Crippen LogP contribution in [0.3, 0.4) is 0 Å². The third-order valence-electron chi connectivity index (χ3n) is 4.72. The Balaban J connectivity index is 2.16. The molecule has 7 nitrogen and oxygen atoms in total. The Morgan fingerprint density at radius 3 is 2.56 bits per heavy atom. The SMILES string of the molecule is CC[S@](=N)(=O)c1cc(OC(C)(C)C#N)cnc1C1=C=Cc2cc(C(F)(F)F)ncc2N1C. The van der Waals surface area contributed by atoms with Crippen molar-refractivity contribution in [2.24, 2.45) is 0 Å². The highest BCUT2D eigenvalue weighted by Crippen LogP contribution is 2.37. The first-order chi connectivity index (χ1) is 14.8. The zero-order valence-corrected chi connectivity index (χ0v) is 18.6. The summed E-state index contributed by atoms with van der Waals surface area (Å²) in [6, 6.07) is 4.31. The Kier molecular flexibility index (Phi) is 5.80. The van der Waals surface area contributed by atoms with E-state index in [4.69, 9.17) is 9.52 Å². The van der Waals surface area contributed by atoms with Crippen molar-refractivity contribution >= 4 is 27.2 Å². The Labute approximate surface area is 183 Å². The number of nitriles is 1.